The van der Waals surface area contributed by atoms with E-state index < -0.39 is 0 Å². The fraction of sp³-hybridized carbons (Fsp3) is 0.318. The molecule has 2 aromatic rings. The molecule has 1 aliphatic rings. The van der Waals surface area contributed by atoms with Crippen molar-refractivity contribution < 1.29 is 14.4 Å². The average Bonchev–Trinajstić information content (AvgIpc) is 2.73. The number of amides is 2. The van der Waals surface area contributed by atoms with E-state index in [1.807, 2.05) is 23.1 Å². The first-order chi connectivity index (χ1) is 13.5. The van der Waals surface area contributed by atoms with Crippen molar-refractivity contribution in [3.63, 3.8) is 0 Å². The van der Waals surface area contributed by atoms with Crippen LogP contribution in [0.2, 0.25) is 0 Å². The predicted molar refractivity (Wildman–Crippen MR) is 108 cm³/mol. The number of hydrogen-bond donors (Lipinski definition) is 1. The summed E-state index contributed by atoms with van der Waals surface area (Å²) >= 11 is 0. The van der Waals surface area contributed by atoms with Crippen molar-refractivity contribution in [1.82, 2.24) is 9.80 Å². The molecule has 3 rings (SSSR count). The van der Waals surface area contributed by atoms with E-state index in [2.05, 4.69) is 10.2 Å². The highest BCUT2D eigenvalue weighted by Gasteiger charge is 2.19. The minimum atomic E-state index is -0.123. The summed E-state index contributed by atoms with van der Waals surface area (Å²) in [7, 11) is 0. The number of benzene rings is 2. The van der Waals surface area contributed by atoms with Gasteiger partial charge in [0.1, 0.15) is 0 Å². The molecule has 1 aliphatic heterocycles. The SMILES string of the molecule is CC(=O)N1CCN(CCC(=O)Nc2ccccc2C(=O)c2ccccc2)CC1. The van der Waals surface area contributed by atoms with Crippen molar-refractivity contribution in [3.05, 3.63) is 65.7 Å². The van der Waals surface area contributed by atoms with Crippen molar-refractivity contribution in [2.75, 3.05) is 38.0 Å². The zero-order valence-electron chi connectivity index (χ0n) is 16.1. The zero-order chi connectivity index (χ0) is 19.9. The summed E-state index contributed by atoms with van der Waals surface area (Å²) in [5.41, 5.74) is 1.60. The minimum Gasteiger partial charge on any atom is -0.340 e. The van der Waals surface area contributed by atoms with Crippen molar-refractivity contribution in [2.45, 2.75) is 13.3 Å². The summed E-state index contributed by atoms with van der Waals surface area (Å²) in [4.78, 5) is 40.6. The predicted octanol–water partition coefficient (Wildman–Crippen LogP) is 2.41. The smallest absolute Gasteiger partial charge is 0.225 e. The Morgan fingerprint density at radius 1 is 0.893 bits per heavy atom. The van der Waals surface area contributed by atoms with Gasteiger partial charge in [-0.05, 0) is 12.1 Å². The maximum atomic E-state index is 12.7. The molecular formula is C22H25N3O3. The van der Waals surface area contributed by atoms with Gasteiger partial charge in [-0.3, -0.25) is 19.3 Å². The first kappa shape index (κ1) is 19.8. The quantitative estimate of drug-likeness (QED) is 0.783. The summed E-state index contributed by atoms with van der Waals surface area (Å²) < 4.78 is 0. The standard InChI is InChI=1S/C22H25N3O3/c1-17(26)25-15-13-24(14-16-25)12-11-21(27)23-20-10-6-5-9-19(20)22(28)18-7-3-2-4-8-18/h2-10H,11-16H2,1H3,(H,23,27). The Bertz CT molecular complexity index is 843. The lowest BCUT2D eigenvalue weighted by Gasteiger charge is -2.34. The van der Waals surface area contributed by atoms with Crippen LogP contribution in [0.25, 0.3) is 0 Å². The van der Waals surface area contributed by atoms with Gasteiger partial charge in [0.05, 0.1) is 5.69 Å². The molecule has 0 bridgehead atoms. The Kier molecular flexibility index (Phi) is 6.55. The number of para-hydroxylation sites is 1. The molecule has 1 N–H and O–H groups in total. The topological polar surface area (TPSA) is 69.7 Å². The molecule has 6 nitrogen and oxygen atoms in total. The Morgan fingerprint density at radius 2 is 1.54 bits per heavy atom. The van der Waals surface area contributed by atoms with Gasteiger partial charge < -0.3 is 10.2 Å². The van der Waals surface area contributed by atoms with E-state index in [1.165, 1.54) is 0 Å². The van der Waals surface area contributed by atoms with Crippen molar-refractivity contribution in [2.24, 2.45) is 0 Å². The Morgan fingerprint density at radius 3 is 2.21 bits per heavy atom. The van der Waals surface area contributed by atoms with Crippen LogP contribution < -0.4 is 5.32 Å². The van der Waals surface area contributed by atoms with Gasteiger partial charge >= 0.3 is 0 Å². The summed E-state index contributed by atoms with van der Waals surface area (Å²) in [6.07, 6.45) is 0.341. The second kappa shape index (κ2) is 9.28. The molecule has 0 atom stereocenters. The first-order valence-corrected chi connectivity index (χ1v) is 9.51. The molecule has 0 aromatic heterocycles. The van der Waals surface area contributed by atoms with Gasteiger partial charge in [-0.25, -0.2) is 0 Å². The third-order valence-corrected chi connectivity index (χ3v) is 4.95. The molecular weight excluding hydrogens is 354 g/mol. The highest BCUT2D eigenvalue weighted by atomic mass is 16.2. The van der Waals surface area contributed by atoms with E-state index in [1.54, 1.807) is 43.3 Å². The number of ketones is 1. The van der Waals surface area contributed by atoms with Crippen LogP contribution in [-0.2, 0) is 9.59 Å². The van der Waals surface area contributed by atoms with E-state index in [0.29, 0.717) is 42.9 Å². The number of rotatable bonds is 6. The monoisotopic (exact) mass is 379 g/mol. The number of hydrogen-bond acceptors (Lipinski definition) is 4. The first-order valence-electron chi connectivity index (χ1n) is 9.51. The molecule has 2 aromatic carbocycles. The lowest BCUT2D eigenvalue weighted by Crippen LogP contribution is -2.48. The van der Waals surface area contributed by atoms with Gasteiger partial charge in [-0.2, -0.15) is 0 Å². The maximum Gasteiger partial charge on any atom is 0.225 e. The van der Waals surface area contributed by atoms with Crippen LogP contribution in [0.1, 0.15) is 29.3 Å². The molecule has 146 valence electrons. The summed E-state index contributed by atoms with van der Waals surface area (Å²) in [6, 6.07) is 16.1. The number of nitrogens with zero attached hydrogens (tertiary/aromatic N) is 2. The van der Waals surface area contributed by atoms with E-state index in [-0.39, 0.29) is 17.6 Å². The molecule has 1 saturated heterocycles. The van der Waals surface area contributed by atoms with Crippen LogP contribution in [0.15, 0.2) is 54.6 Å². The van der Waals surface area contributed by atoms with Crippen LogP contribution in [0.4, 0.5) is 5.69 Å². The molecule has 6 heteroatoms. The lowest BCUT2D eigenvalue weighted by atomic mass is 10.0. The van der Waals surface area contributed by atoms with Crippen LogP contribution in [0.3, 0.4) is 0 Å². The summed E-state index contributed by atoms with van der Waals surface area (Å²) in [5.74, 6) is -0.142. The molecule has 0 unspecified atom stereocenters. The number of anilines is 1. The number of carbonyl (C=O) groups is 3. The van der Waals surface area contributed by atoms with Crippen LogP contribution in [0.5, 0.6) is 0 Å². The van der Waals surface area contributed by atoms with E-state index in [0.717, 1.165) is 13.1 Å². The molecule has 0 radical (unpaired) electrons. The van der Waals surface area contributed by atoms with Gasteiger partial charge in [0.15, 0.2) is 5.78 Å². The molecule has 2 amide bonds. The van der Waals surface area contributed by atoms with Gasteiger partial charge in [-0.1, -0.05) is 42.5 Å². The number of piperazine rings is 1. The lowest BCUT2D eigenvalue weighted by molar-refractivity contribution is -0.130. The molecule has 0 saturated carbocycles. The Balaban J connectivity index is 1.56. The molecule has 0 aliphatic carbocycles. The maximum absolute atomic E-state index is 12.7. The third-order valence-electron chi connectivity index (χ3n) is 4.95. The number of carbonyl (C=O) groups excluding carboxylic acids is 3. The molecule has 0 spiro atoms. The largest absolute Gasteiger partial charge is 0.340 e. The van der Waals surface area contributed by atoms with E-state index in [4.69, 9.17) is 0 Å². The van der Waals surface area contributed by atoms with Crippen molar-refractivity contribution in [3.8, 4) is 0 Å². The minimum absolute atomic E-state index is 0.0945. The second-order valence-corrected chi connectivity index (χ2v) is 6.89. The highest BCUT2D eigenvalue weighted by Crippen LogP contribution is 2.19. The van der Waals surface area contributed by atoms with Gasteiger partial charge in [0.25, 0.3) is 0 Å². The fourth-order valence-electron chi connectivity index (χ4n) is 3.29. The third kappa shape index (κ3) is 5.04. The van der Waals surface area contributed by atoms with Gasteiger partial charge in [-0.15, -0.1) is 0 Å². The van der Waals surface area contributed by atoms with Crippen LogP contribution >= 0.6 is 0 Å². The Hall–Kier alpha value is -2.99. The van der Waals surface area contributed by atoms with Gasteiger partial charge in [0.2, 0.25) is 11.8 Å². The van der Waals surface area contributed by atoms with Crippen molar-refractivity contribution in [1.29, 1.82) is 0 Å². The van der Waals surface area contributed by atoms with Gasteiger partial charge in [0, 0.05) is 57.2 Å². The van der Waals surface area contributed by atoms with Crippen LogP contribution in [-0.4, -0.2) is 60.1 Å². The average molecular weight is 379 g/mol. The molecule has 1 heterocycles. The summed E-state index contributed by atoms with van der Waals surface area (Å²) in [5, 5.41) is 2.88. The number of nitrogens with one attached hydrogen (secondary N) is 1. The Labute approximate surface area is 165 Å². The normalized spacial score (nSPS) is 14.5. The highest BCUT2D eigenvalue weighted by molar-refractivity contribution is 6.13. The van der Waals surface area contributed by atoms with E-state index >= 15 is 0 Å². The summed E-state index contributed by atoms with van der Waals surface area (Å²) in [6.45, 7) is 5.16. The van der Waals surface area contributed by atoms with Crippen molar-refractivity contribution >= 4 is 23.3 Å². The fourth-order valence-corrected chi connectivity index (χ4v) is 3.29. The van der Waals surface area contributed by atoms with Crippen LogP contribution in [0, 0.1) is 0 Å². The van der Waals surface area contributed by atoms with E-state index in [9.17, 15) is 14.4 Å². The molecule has 1 fully saturated rings. The molecule has 28 heavy (non-hydrogen) atoms. The second-order valence-electron chi connectivity index (χ2n) is 6.89. The zero-order valence-corrected chi connectivity index (χ0v) is 16.1.